The second-order valence-electron chi connectivity index (χ2n) is 4.98. The van der Waals surface area contributed by atoms with Crippen molar-refractivity contribution < 1.29 is 4.79 Å². The Labute approximate surface area is 68.2 Å². The average molecular weight is 152 g/mol. The van der Waals surface area contributed by atoms with Crippen LogP contribution in [0.2, 0.25) is 0 Å². The van der Waals surface area contributed by atoms with Crippen molar-refractivity contribution in [2.45, 2.75) is 40.0 Å². The fourth-order valence-electron chi connectivity index (χ4n) is 3.05. The van der Waals surface area contributed by atoms with Crippen LogP contribution in [0.5, 0.6) is 0 Å². The molecule has 2 fully saturated rings. The fourth-order valence-corrected chi connectivity index (χ4v) is 3.05. The highest BCUT2D eigenvalue weighted by Gasteiger charge is 2.59. The molecule has 0 aromatic carbocycles. The zero-order chi connectivity index (χ0) is 8.28. The van der Waals surface area contributed by atoms with E-state index < -0.39 is 0 Å². The minimum atomic E-state index is 0.0637. The van der Waals surface area contributed by atoms with Gasteiger partial charge in [-0.05, 0) is 24.7 Å². The minimum absolute atomic E-state index is 0.0637. The third-order valence-corrected chi connectivity index (χ3v) is 4.08. The maximum atomic E-state index is 11.7. The Morgan fingerprint density at radius 3 is 2.27 bits per heavy atom. The lowest BCUT2D eigenvalue weighted by molar-refractivity contribution is -0.130. The first-order valence-electron chi connectivity index (χ1n) is 4.52. The molecule has 0 radical (unpaired) electrons. The van der Waals surface area contributed by atoms with Crippen LogP contribution in [0, 0.1) is 16.7 Å². The summed E-state index contributed by atoms with van der Waals surface area (Å²) < 4.78 is 0. The quantitative estimate of drug-likeness (QED) is 0.521. The normalized spacial score (nSPS) is 55.5. The summed E-state index contributed by atoms with van der Waals surface area (Å²) in [6, 6.07) is 0. The molecule has 0 amide bonds. The largest absolute Gasteiger partial charge is 0.299 e. The van der Waals surface area contributed by atoms with Gasteiger partial charge in [0.05, 0.1) is 0 Å². The van der Waals surface area contributed by atoms with Crippen molar-refractivity contribution in [3.63, 3.8) is 0 Å². The molecule has 0 aliphatic heterocycles. The first-order chi connectivity index (χ1) is 4.98. The Balaban J connectivity index is 2.42. The molecule has 2 rings (SSSR count). The number of fused-ring (bicyclic) bond motifs is 2. The van der Waals surface area contributed by atoms with E-state index in [1.54, 1.807) is 0 Å². The van der Waals surface area contributed by atoms with Crippen molar-refractivity contribution >= 4 is 5.78 Å². The van der Waals surface area contributed by atoms with Crippen molar-refractivity contribution in [2.75, 3.05) is 0 Å². The van der Waals surface area contributed by atoms with Crippen molar-refractivity contribution in [1.29, 1.82) is 0 Å². The molecule has 2 aliphatic rings. The molecule has 1 nitrogen and oxygen atoms in total. The van der Waals surface area contributed by atoms with Gasteiger partial charge in [-0.25, -0.2) is 0 Å². The van der Waals surface area contributed by atoms with Crippen molar-refractivity contribution in [1.82, 2.24) is 0 Å². The summed E-state index contributed by atoms with van der Waals surface area (Å²) in [5, 5.41) is 0. The summed E-state index contributed by atoms with van der Waals surface area (Å²) in [5.41, 5.74) is 0.417. The molecule has 0 aromatic heterocycles. The Bertz CT molecular complexity index is 221. The maximum absolute atomic E-state index is 11.7. The van der Waals surface area contributed by atoms with Crippen molar-refractivity contribution in [3.05, 3.63) is 0 Å². The van der Waals surface area contributed by atoms with Gasteiger partial charge in [0.1, 0.15) is 5.78 Å². The van der Waals surface area contributed by atoms with Crippen molar-refractivity contribution in [2.24, 2.45) is 16.7 Å². The second kappa shape index (κ2) is 1.70. The molecule has 0 heterocycles. The van der Waals surface area contributed by atoms with Gasteiger partial charge in [-0.2, -0.15) is 0 Å². The Morgan fingerprint density at radius 2 is 2.00 bits per heavy atom. The number of hydrogen-bond donors (Lipinski definition) is 0. The summed E-state index contributed by atoms with van der Waals surface area (Å²) >= 11 is 0. The number of hydrogen-bond acceptors (Lipinski definition) is 1. The van der Waals surface area contributed by atoms with Crippen molar-refractivity contribution in [3.8, 4) is 0 Å². The van der Waals surface area contributed by atoms with Crippen LogP contribution < -0.4 is 0 Å². The van der Waals surface area contributed by atoms with E-state index in [2.05, 4.69) is 20.8 Å². The van der Waals surface area contributed by atoms with Gasteiger partial charge in [0, 0.05) is 11.3 Å². The van der Waals surface area contributed by atoms with E-state index in [1.165, 1.54) is 6.42 Å². The third kappa shape index (κ3) is 0.692. The molecule has 0 N–H and O–H groups in total. The number of ketones is 1. The summed E-state index contributed by atoms with van der Waals surface area (Å²) in [6.07, 6.45) is 3.53. The maximum Gasteiger partial charge on any atom is 0.142 e. The van der Waals surface area contributed by atoms with Crippen LogP contribution in [0.1, 0.15) is 40.0 Å². The van der Waals surface area contributed by atoms with E-state index in [4.69, 9.17) is 0 Å². The Hall–Kier alpha value is -0.330. The molecular weight excluding hydrogens is 136 g/mol. The van der Waals surface area contributed by atoms with Gasteiger partial charge in [-0.15, -0.1) is 0 Å². The molecule has 1 heteroatoms. The van der Waals surface area contributed by atoms with E-state index >= 15 is 0 Å². The van der Waals surface area contributed by atoms with Gasteiger partial charge in [0.2, 0.25) is 0 Å². The zero-order valence-electron chi connectivity index (χ0n) is 7.61. The van der Waals surface area contributed by atoms with Gasteiger partial charge in [-0.3, -0.25) is 4.79 Å². The van der Waals surface area contributed by atoms with Crippen LogP contribution in [-0.4, -0.2) is 5.78 Å². The number of carbonyl (C=O) groups is 1. The molecule has 11 heavy (non-hydrogen) atoms. The van der Waals surface area contributed by atoms with Gasteiger partial charge in [0.25, 0.3) is 0 Å². The highest BCUT2D eigenvalue weighted by atomic mass is 16.1. The smallest absolute Gasteiger partial charge is 0.142 e. The first kappa shape index (κ1) is 7.33. The predicted molar refractivity (Wildman–Crippen MR) is 44.2 cm³/mol. The number of carbonyl (C=O) groups excluding carboxylic acids is 1. The molecule has 2 bridgehead atoms. The van der Waals surface area contributed by atoms with Crippen LogP contribution in [0.3, 0.4) is 0 Å². The Kier molecular flexibility index (Phi) is 1.13. The monoisotopic (exact) mass is 152 g/mol. The molecule has 0 spiro atoms. The molecule has 2 aliphatic carbocycles. The van der Waals surface area contributed by atoms with E-state index in [0.29, 0.717) is 17.1 Å². The molecule has 0 saturated heterocycles. The SMILES string of the molecule is CC1C(=O)C2(C)CCC1(C)C2. The summed E-state index contributed by atoms with van der Waals surface area (Å²) in [4.78, 5) is 11.7. The number of rotatable bonds is 0. The second-order valence-corrected chi connectivity index (χ2v) is 4.98. The van der Waals surface area contributed by atoms with E-state index in [1.807, 2.05) is 0 Å². The lowest BCUT2D eigenvalue weighted by Gasteiger charge is -2.28. The minimum Gasteiger partial charge on any atom is -0.299 e. The predicted octanol–water partition coefficient (Wildman–Crippen LogP) is 2.40. The molecule has 2 saturated carbocycles. The molecule has 3 unspecified atom stereocenters. The third-order valence-electron chi connectivity index (χ3n) is 4.08. The van der Waals surface area contributed by atoms with Crippen LogP contribution in [-0.2, 0) is 4.79 Å². The van der Waals surface area contributed by atoms with E-state index in [-0.39, 0.29) is 5.41 Å². The highest BCUT2D eigenvalue weighted by molar-refractivity contribution is 5.90. The molecule has 3 atom stereocenters. The standard InChI is InChI=1S/C10H16O/c1-7-8(11)10(3)5-4-9(7,2)6-10/h7H,4-6H2,1-3H3. The lowest BCUT2D eigenvalue weighted by Crippen LogP contribution is -2.30. The molecular formula is C10H16O. The highest BCUT2D eigenvalue weighted by Crippen LogP contribution is 2.61. The van der Waals surface area contributed by atoms with Gasteiger partial charge in [0.15, 0.2) is 0 Å². The van der Waals surface area contributed by atoms with Gasteiger partial charge >= 0.3 is 0 Å². The van der Waals surface area contributed by atoms with Crippen LogP contribution in [0.15, 0.2) is 0 Å². The summed E-state index contributed by atoms with van der Waals surface area (Å²) in [6.45, 7) is 6.52. The number of Topliss-reactive ketones (excluding diaryl/α,β-unsaturated/α-hetero) is 1. The summed E-state index contributed by atoms with van der Waals surface area (Å²) in [7, 11) is 0. The molecule has 0 aromatic rings. The molecule has 62 valence electrons. The van der Waals surface area contributed by atoms with E-state index in [0.717, 1.165) is 12.8 Å². The zero-order valence-corrected chi connectivity index (χ0v) is 7.61. The fraction of sp³-hybridized carbons (Fsp3) is 0.900. The first-order valence-corrected chi connectivity index (χ1v) is 4.52. The lowest BCUT2D eigenvalue weighted by atomic mass is 9.75. The summed E-state index contributed by atoms with van der Waals surface area (Å²) in [5.74, 6) is 0.840. The van der Waals surface area contributed by atoms with Gasteiger partial charge < -0.3 is 0 Å². The topological polar surface area (TPSA) is 17.1 Å². The average Bonchev–Trinajstić information content (AvgIpc) is 2.32. The Morgan fingerprint density at radius 1 is 1.36 bits per heavy atom. The van der Waals surface area contributed by atoms with Crippen LogP contribution in [0.25, 0.3) is 0 Å². The van der Waals surface area contributed by atoms with E-state index in [9.17, 15) is 4.79 Å². The van der Waals surface area contributed by atoms with Crippen LogP contribution >= 0.6 is 0 Å². The van der Waals surface area contributed by atoms with Gasteiger partial charge in [-0.1, -0.05) is 20.8 Å². The van der Waals surface area contributed by atoms with Crippen LogP contribution in [0.4, 0.5) is 0 Å².